The van der Waals surface area contributed by atoms with E-state index in [4.69, 9.17) is 5.73 Å². The highest BCUT2D eigenvalue weighted by Gasteiger charge is 2.24. The molecule has 1 atom stereocenters. The molecule has 0 aliphatic rings. The van der Waals surface area contributed by atoms with Gasteiger partial charge in [-0.1, -0.05) is 12.2 Å². The van der Waals surface area contributed by atoms with Gasteiger partial charge in [-0.25, -0.2) is 0 Å². The molecule has 94 valence electrons. The van der Waals surface area contributed by atoms with E-state index in [0.717, 1.165) is 0 Å². The second kappa shape index (κ2) is 6.55. The molecular weight excluding hydrogens is 202 g/mol. The molecular formula is C12H25N3O. The van der Waals surface area contributed by atoms with Crippen LogP contribution in [0.4, 0.5) is 0 Å². The van der Waals surface area contributed by atoms with Crippen LogP contribution in [0.5, 0.6) is 0 Å². The maximum atomic E-state index is 9.81. The van der Waals surface area contributed by atoms with E-state index in [2.05, 4.69) is 5.32 Å². The molecule has 0 rings (SSSR count). The maximum Gasteiger partial charge on any atom is 0.187 e. The van der Waals surface area contributed by atoms with Crippen molar-refractivity contribution < 1.29 is 5.11 Å². The quantitative estimate of drug-likeness (QED) is 0.366. The number of aliphatic hydroxyl groups excluding tert-OH is 1. The number of hydrogen-bond acceptors (Lipinski definition) is 4. The predicted molar refractivity (Wildman–Crippen MR) is 69.0 cm³/mol. The fourth-order valence-corrected chi connectivity index (χ4v) is 1.11. The van der Waals surface area contributed by atoms with Gasteiger partial charge in [0.2, 0.25) is 0 Å². The molecule has 4 N–H and O–H groups in total. The average molecular weight is 227 g/mol. The van der Waals surface area contributed by atoms with Crippen molar-refractivity contribution in [3.63, 3.8) is 0 Å². The fourth-order valence-electron chi connectivity index (χ4n) is 1.11. The topological polar surface area (TPSA) is 61.5 Å². The third-order valence-corrected chi connectivity index (χ3v) is 2.48. The fraction of sp³-hybridized carbons (Fsp3) is 0.667. The van der Waals surface area contributed by atoms with E-state index in [1.165, 1.54) is 0 Å². The molecule has 0 aromatic rings. The summed E-state index contributed by atoms with van der Waals surface area (Å²) in [6.45, 7) is 8.54. The van der Waals surface area contributed by atoms with Gasteiger partial charge in [-0.2, -0.15) is 0 Å². The van der Waals surface area contributed by atoms with Crippen LogP contribution in [0.3, 0.4) is 0 Å². The van der Waals surface area contributed by atoms with E-state index >= 15 is 0 Å². The van der Waals surface area contributed by atoms with Crippen LogP contribution < -0.4 is 11.1 Å². The van der Waals surface area contributed by atoms with E-state index in [-0.39, 0.29) is 17.6 Å². The number of allylic oxidation sites excluding steroid dienone is 3. The minimum absolute atomic E-state index is 0.0920. The van der Waals surface area contributed by atoms with Crippen molar-refractivity contribution in [1.29, 1.82) is 0 Å². The monoisotopic (exact) mass is 227 g/mol. The highest BCUT2D eigenvalue weighted by Crippen LogP contribution is 2.13. The van der Waals surface area contributed by atoms with Gasteiger partial charge < -0.3 is 15.7 Å². The lowest BCUT2D eigenvalue weighted by Crippen LogP contribution is -2.54. The summed E-state index contributed by atoms with van der Waals surface area (Å²) in [5.41, 5.74) is 5.35. The second-order valence-electron chi connectivity index (χ2n) is 4.53. The van der Waals surface area contributed by atoms with E-state index in [1.54, 1.807) is 17.1 Å². The van der Waals surface area contributed by atoms with Crippen LogP contribution in [0.25, 0.3) is 0 Å². The van der Waals surface area contributed by atoms with Crippen molar-refractivity contribution in [2.45, 2.75) is 39.4 Å². The van der Waals surface area contributed by atoms with Gasteiger partial charge in [0.05, 0.1) is 5.66 Å². The summed E-state index contributed by atoms with van der Waals surface area (Å²) >= 11 is 0. The van der Waals surface area contributed by atoms with Gasteiger partial charge in [0.1, 0.15) is 0 Å². The number of nitrogens with one attached hydrogen (secondary N) is 1. The van der Waals surface area contributed by atoms with Gasteiger partial charge >= 0.3 is 0 Å². The SMILES string of the molecule is C/C=C/C=C(/O)N(C)C(C)(C)NC[C@@H](C)N. The van der Waals surface area contributed by atoms with E-state index in [0.29, 0.717) is 6.54 Å². The molecule has 0 heterocycles. The first kappa shape index (κ1) is 15.0. The highest BCUT2D eigenvalue weighted by molar-refractivity contribution is 5.06. The molecule has 0 aliphatic carbocycles. The van der Waals surface area contributed by atoms with Crippen LogP contribution in [0, 0.1) is 0 Å². The van der Waals surface area contributed by atoms with E-state index in [9.17, 15) is 5.11 Å². The van der Waals surface area contributed by atoms with Crippen LogP contribution in [0.15, 0.2) is 24.1 Å². The van der Waals surface area contributed by atoms with Gasteiger partial charge in [-0.15, -0.1) is 0 Å². The summed E-state index contributed by atoms with van der Waals surface area (Å²) in [5.74, 6) is 0.222. The molecule has 0 aliphatic heterocycles. The van der Waals surface area contributed by atoms with Crippen LogP contribution in [0.2, 0.25) is 0 Å². The predicted octanol–water partition coefficient (Wildman–Crippen LogP) is 1.57. The van der Waals surface area contributed by atoms with Crippen LogP contribution in [0.1, 0.15) is 27.7 Å². The smallest absolute Gasteiger partial charge is 0.187 e. The van der Waals surface area contributed by atoms with Crippen LogP contribution in [-0.4, -0.2) is 35.3 Å². The molecule has 0 amide bonds. The Morgan fingerprint density at radius 2 is 2.12 bits per heavy atom. The molecule has 0 saturated carbocycles. The number of nitrogens with zero attached hydrogens (tertiary/aromatic N) is 1. The summed E-state index contributed by atoms with van der Waals surface area (Å²) in [5, 5.41) is 13.1. The zero-order chi connectivity index (χ0) is 12.8. The Morgan fingerprint density at radius 3 is 2.56 bits per heavy atom. The summed E-state index contributed by atoms with van der Waals surface area (Å²) in [7, 11) is 1.84. The van der Waals surface area contributed by atoms with Crippen molar-refractivity contribution in [2.75, 3.05) is 13.6 Å². The standard InChI is InChI=1S/C12H25N3O/c1-6-7-8-11(16)15(5)12(3,4)14-9-10(2)13/h6-8,10,14,16H,9,13H2,1-5H3/b7-6+,11-8+/t10-/m1/s1. The van der Waals surface area contributed by atoms with Gasteiger partial charge in [-0.05, 0) is 33.8 Å². The molecule has 0 spiro atoms. The Morgan fingerprint density at radius 1 is 1.56 bits per heavy atom. The normalized spacial score (nSPS) is 15.5. The maximum absolute atomic E-state index is 9.81. The molecule has 0 bridgehead atoms. The first-order chi connectivity index (χ1) is 7.31. The van der Waals surface area contributed by atoms with Crippen molar-refractivity contribution in [3.8, 4) is 0 Å². The minimum Gasteiger partial charge on any atom is -0.495 e. The lowest BCUT2D eigenvalue weighted by molar-refractivity contribution is 0.0934. The molecule has 0 saturated heterocycles. The molecule has 0 aromatic heterocycles. The zero-order valence-corrected chi connectivity index (χ0v) is 11.0. The molecule has 4 heteroatoms. The first-order valence-electron chi connectivity index (χ1n) is 5.57. The summed E-state index contributed by atoms with van der Waals surface area (Å²) in [6.07, 6.45) is 5.33. The Balaban J connectivity index is 4.49. The molecule has 0 fully saturated rings. The summed E-state index contributed by atoms with van der Waals surface area (Å²) in [6, 6.07) is 0.0920. The molecule has 0 aromatic carbocycles. The van der Waals surface area contributed by atoms with E-state index < -0.39 is 0 Å². The Hall–Kier alpha value is -1.00. The number of aliphatic hydroxyl groups is 1. The first-order valence-corrected chi connectivity index (χ1v) is 5.57. The molecule has 4 nitrogen and oxygen atoms in total. The zero-order valence-electron chi connectivity index (χ0n) is 11.0. The molecule has 16 heavy (non-hydrogen) atoms. The Bertz CT molecular complexity index is 257. The average Bonchev–Trinajstić information content (AvgIpc) is 2.22. The highest BCUT2D eigenvalue weighted by atomic mass is 16.3. The number of rotatable bonds is 6. The number of nitrogens with two attached hydrogens (primary N) is 1. The largest absolute Gasteiger partial charge is 0.495 e. The Kier molecular flexibility index (Phi) is 6.14. The second-order valence-corrected chi connectivity index (χ2v) is 4.53. The Labute approximate surface area is 98.8 Å². The molecule has 0 radical (unpaired) electrons. The van der Waals surface area contributed by atoms with Crippen molar-refractivity contribution >= 4 is 0 Å². The van der Waals surface area contributed by atoms with Crippen molar-refractivity contribution in [2.24, 2.45) is 5.73 Å². The van der Waals surface area contributed by atoms with Gasteiger partial charge in [0.25, 0.3) is 0 Å². The minimum atomic E-state index is -0.338. The van der Waals surface area contributed by atoms with Crippen molar-refractivity contribution in [1.82, 2.24) is 10.2 Å². The lowest BCUT2D eigenvalue weighted by atomic mass is 10.2. The van der Waals surface area contributed by atoms with Gasteiger partial charge in [0, 0.05) is 19.6 Å². The van der Waals surface area contributed by atoms with E-state index in [1.807, 2.05) is 40.8 Å². The van der Waals surface area contributed by atoms with Gasteiger partial charge in [0.15, 0.2) is 5.88 Å². The third-order valence-electron chi connectivity index (χ3n) is 2.48. The lowest BCUT2D eigenvalue weighted by Gasteiger charge is -2.37. The van der Waals surface area contributed by atoms with Crippen LogP contribution in [-0.2, 0) is 0 Å². The third kappa shape index (κ3) is 5.19. The van der Waals surface area contributed by atoms with Crippen LogP contribution >= 0.6 is 0 Å². The van der Waals surface area contributed by atoms with Gasteiger partial charge in [-0.3, -0.25) is 5.32 Å². The summed E-state index contributed by atoms with van der Waals surface area (Å²) < 4.78 is 0. The molecule has 0 unspecified atom stereocenters. The number of hydrogen-bond donors (Lipinski definition) is 3. The van der Waals surface area contributed by atoms with Crippen molar-refractivity contribution in [3.05, 3.63) is 24.1 Å². The summed E-state index contributed by atoms with van der Waals surface area (Å²) in [4.78, 5) is 1.77.